The van der Waals surface area contributed by atoms with Gasteiger partial charge in [0.25, 0.3) is 5.91 Å². The van der Waals surface area contributed by atoms with E-state index in [4.69, 9.17) is 21.2 Å². The Morgan fingerprint density at radius 1 is 1.19 bits per heavy atom. The van der Waals surface area contributed by atoms with E-state index in [1.54, 1.807) is 11.1 Å². The van der Waals surface area contributed by atoms with E-state index < -0.39 is 6.23 Å². The molecule has 2 unspecified atom stereocenters. The Bertz CT molecular complexity index is 1420. The van der Waals surface area contributed by atoms with Gasteiger partial charge in [0.15, 0.2) is 0 Å². The van der Waals surface area contributed by atoms with Crippen LogP contribution < -0.4 is 11.5 Å². The number of nitrogens with zero attached hydrogens (tertiary/aromatic N) is 2. The number of rotatable bonds is 5. The molecular formula is C28H31N5O3. The van der Waals surface area contributed by atoms with E-state index in [0.717, 1.165) is 45.1 Å². The van der Waals surface area contributed by atoms with Gasteiger partial charge in [0.1, 0.15) is 6.23 Å². The summed E-state index contributed by atoms with van der Waals surface area (Å²) < 4.78 is 5.37. The van der Waals surface area contributed by atoms with Crippen molar-refractivity contribution in [2.45, 2.75) is 25.6 Å². The fraction of sp³-hybridized carbons (Fsp3) is 0.286. The molecular weight excluding hydrogens is 454 g/mol. The van der Waals surface area contributed by atoms with Crippen LogP contribution in [0.4, 0.5) is 0 Å². The lowest BCUT2D eigenvalue weighted by molar-refractivity contribution is 0.0303. The number of allylic oxidation sites excluding steroid dienone is 3. The second-order valence-electron chi connectivity index (χ2n) is 9.13. The molecule has 0 saturated carbocycles. The molecule has 1 amide bonds. The topological polar surface area (TPSA) is 130 Å². The summed E-state index contributed by atoms with van der Waals surface area (Å²) in [6.07, 6.45) is 9.35. The maximum absolute atomic E-state index is 13.0. The van der Waals surface area contributed by atoms with Crippen LogP contribution in [-0.4, -0.2) is 59.0 Å². The van der Waals surface area contributed by atoms with Crippen LogP contribution >= 0.6 is 0 Å². The summed E-state index contributed by atoms with van der Waals surface area (Å²) in [5.41, 5.74) is 17.1. The number of H-pyrrole nitrogens is 1. The molecule has 1 saturated heterocycles. The van der Waals surface area contributed by atoms with Crippen LogP contribution in [0.5, 0.6) is 0 Å². The number of aromatic amines is 1. The van der Waals surface area contributed by atoms with Crippen molar-refractivity contribution in [2.24, 2.45) is 16.5 Å². The molecule has 0 spiro atoms. The zero-order valence-electron chi connectivity index (χ0n) is 20.3. The van der Waals surface area contributed by atoms with E-state index in [9.17, 15) is 9.90 Å². The molecule has 0 bridgehead atoms. The van der Waals surface area contributed by atoms with Crippen molar-refractivity contribution in [3.8, 4) is 0 Å². The molecule has 0 radical (unpaired) electrons. The molecule has 36 heavy (non-hydrogen) atoms. The third-order valence-corrected chi connectivity index (χ3v) is 6.79. The largest absolute Gasteiger partial charge is 0.404 e. The van der Waals surface area contributed by atoms with E-state index in [1.807, 2.05) is 49.4 Å². The van der Waals surface area contributed by atoms with Gasteiger partial charge >= 0.3 is 0 Å². The van der Waals surface area contributed by atoms with Crippen molar-refractivity contribution >= 4 is 39.0 Å². The van der Waals surface area contributed by atoms with E-state index in [-0.39, 0.29) is 11.9 Å². The summed E-state index contributed by atoms with van der Waals surface area (Å²) in [5, 5.41) is 12.2. The number of ether oxygens (including phenoxy) is 1. The van der Waals surface area contributed by atoms with Gasteiger partial charge in [-0.25, -0.2) is 0 Å². The van der Waals surface area contributed by atoms with Crippen molar-refractivity contribution in [3.63, 3.8) is 0 Å². The fourth-order valence-corrected chi connectivity index (χ4v) is 4.91. The third-order valence-electron chi connectivity index (χ3n) is 6.79. The molecule has 2 heterocycles. The average molecular weight is 486 g/mol. The van der Waals surface area contributed by atoms with Crippen molar-refractivity contribution in [1.82, 2.24) is 9.88 Å². The first-order valence-electron chi connectivity index (χ1n) is 12.2. The van der Waals surface area contributed by atoms with Gasteiger partial charge in [-0.1, -0.05) is 30.4 Å². The summed E-state index contributed by atoms with van der Waals surface area (Å²) in [4.78, 5) is 23.0. The fourth-order valence-electron chi connectivity index (χ4n) is 4.91. The van der Waals surface area contributed by atoms with Crippen molar-refractivity contribution in [2.75, 3.05) is 26.3 Å². The summed E-state index contributed by atoms with van der Waals surface area (Å²) in [5.74, 6) is -0.0228. The molecule has 6 N–H and O–H groups in total. The number of nitrogens with one attached hydrogen (secondary N) is 1. The lowest BCUT2D eigenvalue weighted by Crippen LogP contribution is -2.40. The van der Waals surface area contributed by atoms with Gasteiger partial charge in [0, 0.05) is 58.0 Å². The molecule has 3 aromatic rings. The average Bonchev–Trinajstić information content (AvgIpc) is 3.27. The van der Waals surface area contributed by atoms with Crippen LogP contribution in [0.2, 0.25) is 0 Å². The number of hydrogen-bond donors (Lipinski definition) is 4. The van der Waals surface area contributed by atoms with Gasteiger partial charge in [-0.2, -0.15) is 0 Å². The Morgan fingerprint density at radius 3 is 2.69 bits per heavy atom. The van der Waals surface area contributed by atoms with E-state index in [1.165, 1.54) is 0 Å². The Morgan fingerprint density at radius 2 is 2.00 bits per heavy atom. The SMILES string of the molecule is CC(=NC1C=CC=CC1)C(=CN)c1cc(C(N)O)c2[nH]c3cc(C(=O)N4CCOCC4)ccc3c2c1. The van der Waals surface area contributed by atoms with E-state index in [2.05, 4.69) is 17.1 Å². The smallest absolute Gasteiger partial charge is 0.254 e. The Labute approximate surface area is 209 Å². The Balaban J connectivity index is 1.57. The van der Waals surface area contributed by atoms with Gasteiger partial charge in [0.05, 0.1) is 24.8 Å². The number of carbonyl (C=O) groups excluding carboxylic acids is 1. The first-order valence-corrected chi connectivity index (χ1v) is 12.2. The summed E-state index contributed by atoms with van der Waals surface area (Å²) >= 11 is 0. The van der Waals surface area contributed by atoms with Crippen molar-refractivity contribution in [3.05, 3.63) is 77.5 Å². The minimum Gasteiger partial charge on any atom is -0.404 e. The summed E-state index contributed by atoms with van der Waals surface area (Å²) in [6, 6.07) is 9.56. The highest BCUT2D eigenvalue weighted by Crippen LogP contribution is 2.34. The molecule has 1 fully saturated rings. The van der Waals surface area contributed by atoms with Crippen LogP contribution in [-0.2, 0) is 4.74 Å². The molecule has 8 heteroatoms. The number of carbonyl (C=O) groups is 1. The first kappa shape index (κ1) is 24.0. The number of nitrogens with two attached hydrogens (primary N) is 2. The number of aliphatic imine (C=N–C) groups is 1. The van der Waals surface area contributed by atoms with Crippen molar-refractivity contribution < 1.29 is 14.6 Å². The second kappa shape index (κ2) is 10.1. The maximum atomic E-state index is 13.0. The number of aromatic nitrogens is 1. The molecule has 2 aliphatic rings. The number of benzene rings is 2. The standard InChI is InChI=1S/C28H31N5O3/c1-17(31-20-5-3-2-4-6-20)24(16-29)19-13-22-21-8-7-18(28(35)33-9-11-36-12-10-33)15-25(21)32-26(22)23(14-19)27(30)34/h2-5,7-8,13-16,20,27,32,34H,6,9-12,29-30H2,1H3. The summed E-state index contributed by atoms with van der Waals surface area (Å²) in [7, 11) is 0. The van der Waals surface area contributed by atoms with Gasteiger partial charge in [0.2, 0.25) is 0 Å². The van der Waals surface area contributed by atoms with Crippen LogP contribution in [0.15, 0.2) is 65.8 Å². The lowest BCUT2D eigenvalue weighted by atomic mass is 9.96. The number of morpholine rings is 1. The maximum Gasteiger partial charge on any atom is 0.254 e. The molecule has 1 aromatic heterocycles. The van der Waals surface area contributed by atoms with Gasteiger partial charge in [-0.15, -0.1) is 0 Å². The number of fused-ring (bicyclic) bond motifs is 3. The number of aliphatic hydroxyl groups is 1. The van der Waals surface area contributed by atoms with E-state index in [0.29, 0.717) is 37.4 Å². The highest BCUT2D eigenvalue weighted by Gasteiger charge is 2.21. The lowest BCUT2D eigenvalue weighted by Gasteiger charge is -2.26. The zero-order valence-corrected chi connectivity index (χ0v) is 20.3. The van der Waals surface area contributed by atoms with Crippen LogP contribution in [0, 0.1) is 0 Å². The molecule has 186 valence electrons. The normalized spacial score (nSPS) is 19.9. The number of aliphatic hydroxyl groups excluding tert-OH is 1. The van der Waals surface area contributed by atoms with Gasteiger partial charge < -0.3 is 31.2 Å². The Hall–Kier alpha value is -3.72. The highest BCUT2D eigenvalue weighted by molar-refractivity contribution is 6.24. The minimum atomic E-state index is -1.20. The number of amides is 1. The van der Waals surface area contributed by atoms with Gasteiger partial charge in [-0.3, -0.25) is 9.79 Å². The monoisotopic (exact) mass is 485 g/mol. The molecule has 1 aliphatic carbocycles. The molecule has 2 atom stereocenters. The first-order chi connectivity index (χ1) is 17.5. The predicted octanol–water partition coefficient (Wildman–Crippen LogP) is 3.39. The number of hydrogen-bond acceptors (Lipinski definition) is 6. The van der Waals surface area contributed by atoms with Crippen LogP contribution in [0.3, 0.4) is 0 Å². The predicted molar refractivity (Wildman–Crippen MR) is 144 cm³/mol. The van der Waals surface area contributed by atoms with Crippen molar-refractivity contribution in [1.29, 1.82) is 0 Å². The molecule has 1 aliphatic heterocycles. The molecule has 5 rings (SSSR count). The minimum absolute atomic E-state index is 0.0228. The zero-order chi connectivity index (χ0) is 25.2. The molecule has 2 aromatic carbocycles. The highest BCUT2D eigenvalue weighted by atomic mass is 16.5. The van der Waals surface area contributed by atoms with E-state index >= 15 is 0 Å². The summed E-state index contributed by atoms with van der Waals surface area (Å²) in [6.45, 7) is 4.20. The second-order valence-corrected chi connectivity index (χ2v) is 9.13. The van der Waals surface area contributed by atoms with Crippen LogP contribution in [0.1, 0.15) is 41.1 Å². The molecule has 8 nitrogen and oxygen atoms in total. The Kier molecular flexibility index (Phi) is 6.73. The quantitative estimate of drug-likeness (QED) is 0.325. The third kappa shape index (κ3) is 4.58. The van der Waals surface area contributed by atoms with Crippen LogP contribution in [0.25, 0.3) is 27.4 Å². The van der Waals surface area contributed by atoms with Gasteiger partial charge in [-0.05, 0) is 43.2 Å².